The van der Waals surface area contributed by atoms with Gasteiger partial charge in [-0.15, -0.1) is 11.3 Å². The first-order chi connectivity index (χ1) is 20.1. The minimum atomic E-state index is -3.12. The average molecular weight is 587 g/mol. The van der Waals surface area contributed by atoms with Crippen LogP contribution in [0.4, 0.5) is 0 Å². The molecule has 0 radical (unpaired) electrons. The molecule has 1 heterocycles. The summed E-state index contributed by atoms with van der Waals surface area (Å²) in [7, 11) is -6.19. The molecule has 0 fully saturated rings. The Bertz CT molecular complexity index is 2000. The Kier molecular flexibility index (Phi) is 6.76. The Morgan fingerprint density at radius 3 is 1.41 bits per heavy atom. The van der Waals surface area contributed by atoms with E-state index in [4.69, 9.17) is 0 Å². The number of allylic oxidation sites excluding steroid dienone is 4. The van der Waals surface area contributed by atoms with Gasteiger partial charge in [-0.2, -0.15) is 0 Å². The quantitative estimate of drug-likeness (QED) is 0.184. The van der Waals surface area contributed by atoms with E-state index in [-0.39, 0.29) is 0 Å². The van der Waals surface area contributed by atoms with Crippen molar-refractivity contribution in [2.75, 3.05) is 0 Å². The van der Waals surface area contributed by atoms with Crippen molar-refractivity contribution >= 4 is 72.3 Å². The first-order valence-corrected chi connectivity index (χ1v) is 18.0. The van der Waals surface area contributed by atoms with Gasteiger partial charge in [0.25, 0.3) is 0 Å². The lowest BCUT2D eigenvalue weighted by atomic mass is 10.1. The summed E-state index contributed by atoms with van der Waals surface area (Å²) in [5, 5.41) is 7.09. The summed E-state index contributed by atoms with van der Waals surface area (Å²) in [5.74, 6) is 0. The highest BCUT2D eigenvalue weighted by atomic mass is 32.1. The minimum Gasteiger partial charge on any atom is -0.309 e. The molecule has 5 heteroatoms. The third-order valence-electron chi connectivity index (χ3n) is 7.86. The van der Waals surface area contributed by atoms with Crippen molar-refractivity contribution in [2.45, 2.75) is 12.8 Å². The van der Waals surface area contributed by atoms with E-state index < -0.39 is 14.3 Å². The zero-order chi connectivity index (χ0) is 27.9. The molecule has 1 atom stereocenters. The maximum atomic E-state index is 15.1. The standard InChI is InChI=1S/C36H28O2P2S/c37-39(27-13-5-1-6-14-27,28-15-7-2-8-16-28)31-21-23-35-33(25-31)34-26-32(22-24-36(34)41-35)40(38,29-17-9-3-10-18-29)30-19-11-4-12-20-30/h1-3,5-11,13-26H,4,12H2. The molecule has 2 nitrogen and oxygen atoms in total. The van der Waals surface area contributed by atoms with Crippen LogP contribution in [0, 0.1) is 0 Å². The lowest BCUT2D eigenvalue weighted by molar-refractivity contribution is 0.590. The number of fused-ring (bicyclic) bond motifs is 3. The van der Waals surface area contributed by atoms with Gasteiger partial charge in [0.15, 0.2) is 14.3 Å². The molecule has 0 N–H and O–H groups in total. The highest BCUT2D eigenvalue weighted by Crippen LogP contribution is 2.54. The third-order valence-corrected chi connectivity index (χ3v) is 15.2. The number of hydrogen-bond donors (Lipinski definition) is 0. The smallest absolute Gasteiger partial charge is 0.171 e. The zero-order valence-corrected chi connectivity index (χ0v) is 25.0. The molecule has 0 aliphatic heterocycles. The topological polar surface area (TPSA) is 34.1 Å². The van der Waals surface area contributed by atoms with E-state index in [0.717, 1.165) is 64.9 Å². The van der Waals surface area contributed by atoms with Gasteiger partial charge in [-0.1, -0.05) is 109 Å². The first kappa shape index (κ1) is 26.2. The maximum absolute atomic E-state index is 15.1. The maximum Gasteiger partial charge on any atom is 0.171 e. The van der Waals surface area contributed by atoms with E-state index in [9.17, 15) is 0 Å². The second kappa shape index (κ2) is 10.6. The molecule has 0 spiro atoms. The van der Waals surface area contributed by atoms with E-state index in [1.807, 2.05) is 109 Å². The van der Waals surface area contributed by atoms with Crippen LogP contribution in [0.2, 0.25) is 0 Å². The highest BCUT2D eigenvalue weighted by molar-refractivity contribution is 7.85. The molecule has 200 valence electrons. The fourth-order valence-corrected chi connectivity index (χ4v) is 12.3. The third kappa shape index (κ3) is 4.41. The molecule has 6 aromatic rings. The average Bonchev–Trinajstić information content (AvgIpc) is 3.43. The van der Waals surface area contributed by atoms with Gasteiger partial charge in [0.05, 0.1) is 0 Å². The van der Waals surface area contributed by atoms with Crippen LogP contribution in [-0.2, 0) is 9.13 Å². The summed E-state index contributed by atoms with van der Waals surface area (Å²) in [5.41, 5.74) is 0. The first-order valence-electron chi connectivity index (χ1n) is 13.8. The molecule has 1 aliphatic rings. The van der Waals surface area contributed by atoms with Crippen LogP contribution >= 0.6 is 25.6 Å². The van der Waals surface area contributed by atoms with Crippen molar-refractivity contribution in [1.29, 1.82) is 0 Å². The number of hydrogen-bond acceptors (Lipinski definition) is 3. The Hall–Kier alpha value is -3.74. The van der Waals surface area contributed by atoms with E-state index in [1.165, 1.54) is 0 Å². The van der Waals surface area contributed by atoms with E-state index in [0.29, 0.717) is 0 Å². The molecule has 7 rings (SSSR count). The Morgan fingerprint density at radius 1 is 0.488 bits per heavy atom. The van der Waals surface area contributed by atoms with Crippen LogP contribution in [0.25, 0.3) is 20.2 Å². The summed E-state index contributed by atoms with van der Waals surface area (Å²) in [6.07, 6.45) is 8.17. The molecule has 1 unspecified atom stereocenters. The highest BCUT2D eigenvalue weighted by Gasteiger charge is 2.33. The van der Waals surface area contributed by atoms with Gasteiger partial charge >= 0.3 is 0 Å². The number of rotatable bonds is 6. The summed E-state index contributed by atoms with van der Waals surface area (Å²) in [6, 6.07) is 41.9. The number of thiophene rings is 1. The van der Waals surface area contributed by atoms with Gasteiger partial charge in [0, 0.05) is 52.0 Å². The second-order valence-corrected chi connectivity index (χ2v) is 16.9. The molecule has 0 saturated heterocycles. The van der Waals surface area contributed by atoms with Gasteiger partial charge in [0.1, 0.15) is 0 Å². The predicted octanol–water partition coefficient (Wildman–Crippen LogP) is 8.24. The van der Waals surface area contributed by atoms with Crippen molar-refractivity contribution in [2.24, 2.45) is 0 Å². The molecule has 1 aromatic heterocycles. The molecular formula is C36H28O2P2S. The summed E-state index contributed by atoms with van der Waals surface area (Å²) in [4.78, 5) is 0. The van der Waals surface area contributed by atoms with Crippen molar-refractivity contribution in [1.82, 2.24) is 0 Å². The lowest BCUT2D eigenvalue weighted by Gasteiger charge is -2.22. The van der Waals surface area contributed by atoms with Crippen molar-refractivity contribution < 1.29 is 9.13 Å². The Balaban J connectivity index is 1.46. The second-order valence-electron chi connectivity index (χ2n) is 10.3. The SMILES string of the molecule is O=P(C1=CCCC=C1)(c1ccccc1)c1ccc2sc3ccc(P(=O)(c4ccccc4)c4ccccc4)cc3c2c1. The largest absolute Gasteiger partial charge is 0.309 e. The summed E-state index contributed by atoms with van der Waals surface area (Å²) >= 11 is 1.72. The normalized spacial score (nSPS) is 15.1. The van der Waals surface area contributed by atoms with Gasteiger partial charge in [0.2, 0.25) is 0 Å². The van der Waals surface area contributed by atoms with Crippen molar-refractivity contribution in [3.8, 4) is 0 Å². The Labute approximate surface area is 244 Å². The predicted molar refractivity (Wildman–Crippen MR) is 178 cm³/mol. The molecule has 0 saturated carbocycles. The summed E-state index contributed by atoms with van der Waals surface area (Å²) < 4.78 is 32.4. The molecular weight excluding hydrogens is 558 g/mol. The molecule has 41 heavy (non-hydrogen) atoms. The van der Waals surface area contributed by atoms with Crippen LogP contribution in [-0.4, -0.2) is 0 Å². The Morgan fingerprint density at radius 2 is 0.951 bits per heavy atom. The van der Waals surface area contributed by atoms with E-state index >= 15 is 9.13 Å². The summed E-state index contributed by atoms with van der Waals surface area (Å²) in [6.45, 7) is 0. The van der Waals surface area contributed by atoms with Crippen LogP contribution in [0.3, 0.4) is 0 Å². The van der Waals surface area contributed by atoms with Crippen molar-refractivity contribution in [3.05, 3.63) is 151 Å². The molecule has 1 aliphatic carbocycles. The monoisotopic (exact) mass is 586 g/mol. The lowest BCUT2D eigenvalue weighted by Crippen LogP contribution is -2.24. The van der Waals surface area contributed by atoms with E-state index in [1.54, 1.807) is 11.3 Å². The van der Waals surface area contributed by atoms with Gasteiger partial charge in [-0.3, -0.25) is 0 Å². The van der Waals surface area contributed by atoms with E-state index in [2.05, 4.69) is 36.4 Å². The molecule has 0 bridgehead atoms. The van der Waals surface area contributed by atoms with Crippen LogP contribution in [0.15, 0.2) is 151 Å². The van der Waals surface area contributed by atoms with Gasteiger partial charge in [-0.25, -0.2) is 0 Å². The minimum absolute atomic E-state index is 0.802. The fraction of sp³-hybridized carbons (Fsp3) is 0.0556. The van der Waals surface area contributed by atoms with Gasteiger partial charge in [-0.05, 0) is 49.2 Å². The van der Waals surface area contributed by atoms with Crippen molar-refractivity contribution in [3.63, 3.8) is 0 Å². The van der Waals surface area contributed by atoms with Crippen LogP contribution < -0.4 is 26.5 Å². The zero-order valence-electron chi connectivity index (χ0n) is 22.4. The van der Waals surface area contributed by atoms with Crippen LogP contribution in [0.5, 0.6) is 0 Å². The van der Waals surface area contributed by atoms with Crippen LogP contribution in [0.1, 0.15) is 12.8 Å². The molecule has 0 amide bonds. The fourth-order valence-electron chi connectivity index (χ4n) is 5.79. The molecule has 5 aromatic carbocycles. The number of benzene rings is 5. The van der Waals surface area contributed by atoms with Gasteiger partial charge < -0.3 is 9.13 Å².